The van der Waals surface area contributed by atoms with Crippen LogP contribution in [-0.4, -0.2) is 21.9 Å². The molecule has 0 aromatic carbocycles. The third kappa shape index (κ3) is 3.49. The van der Waals surface area contributed by atoms with Crippen molar-refractivity contribution in [1.29, 1.82) is 0 Å². The fourth-order valence-corrected chi connectivity index (χ4v) is 2.31. The van der Waals surface area contributed by atoms with Crippen molar-refractivity contribution in [1.82, 2.24) is 9.97 Å². The lowest BCUT2D eigenvalue weighted by atomic mass is 9.89. The number of nitrogens with zero attached hydrogens (tertiary/aromatic N) is 2. The van der Waals surface area contributed by atoms with Crippen LogP contribution < -0.4 is 5.32 Å². The Labute approximate surface area is 106 Å². The lowest BCUT2D eigenvalue weighted by molar-refractivity contribution is 0.377. The van der Waals surface area contributed by atoms with Crippen molar-refractivity contribution in [2.75, 3.05) is 11.9 Å². The average molecular weight is 260 g/mol. The second-order valence-corrected chi connectivity index (χ2v) is 5.28. The summed E-state index contributed by atoms with van der Waals surface area (Å²) in [6.45, 7) is 0.922. The van der Waals surface area contributed by atoms with Crippen molar-refractivity contribution in [2.45, 2.75) is 31.1 Å². The normalized spacial score (nSPS) is 25.4. The van der Waals surface area contributed by atoms with Gasteiger partial charge in [-0.05, 0) is 31.6 Å². The fourth-order valence-electron chi connectivity index (χ4n) is 1.97. The highest BCUT2D eigenvalue weighted by atomic mass is 35.5. The minimum absolute atomic E-state index is 0.378. The van der Waals surface area contributed by atoms with Crippen LogP contribution in [0.2, 0.25) is 5.02 Å². The first-order valence-electron chi connectivity index (χ1n) is 5.59. The van der Waals surface area contributed by atoms with Gasteiger partial charge in [-0.3, -0.25) is 0 Å². The van der Waals surface area contributed by atoms with Crippen molar-refractivity contribution in [3.63, 3.8) is 0 Å². The van der Waals surface area contributed by atoms with Gasteiger partial charge in [-0.2, -0.15) is 0 Å². The highest BCUT2D eigenvalue weighted by molar-refractivity contribution is 6.30. The summed E-state index contributed by atoms with van der Waals surface area (Å²) in [6, 6.07) is 0. The van der Waals surface area contributed by atoms with Gasteiger partial charge < -0.3 is 5.32 Å². The molecule has 3 nitrogen and oxygen atoms in total. The van der Waals surface area contributed by atoms with E-state index in [9.17, 15) is 0 Å². The monoisotopic (exact) mass is 259 g/mol. The summed E-state index contributed by atoms with van der Waals surface area (Å²) < 4.78 is 0. The van der Waals surface area contributed by atoms with Crippen LogP contribution in [0.4, 0.5) is 5.95 Å². The minimum Gasteiger partial charge on any atom is -0.354 e. The predicted molar refractivity (Wildman–Crippen MR) is 67.1 cm³/mol. The summed E-state index contributed by atoms with van der Waals surface area (Å²) in [6.07, 6.45) is 7.83. The van der Waals surface area contributed by atoms with Crippen LogP contribution in [-0.2, 0) is 0 Å². The van der Waals surface area contributed by atoms with Gasteiger partial charge >= 0.3 is 0 Å². The van der Waals surface area contributed by atoms with Crippen molar-refractivity contribution >= 4 is 29.2 Å². The van der Waals surface area contributed by atoms with Gasteiger partial charge in [-0.15, -0.1) is 11.6 Å². The molecule has 5 heteroatoms. The number of aromatic nitrogens is 2. The van der Waals surface area contributed by atoms with Gasteiger partial charge in [0.15, 0.2) is 0 Å². The summed E-state index contributed by atoms with van der Waals surface area (Å²) in [7, 11) is 0. The number of alkyl halides is 1. The molecule has 1 aliphatic carbocycles. The largest absolute Gasteiger partial charge is 0.354 e. The van der Waals surface area contributed by atoms with Crippen LogP contribution in [0.15, 0.2) is 12.4 Å². The molecule has 1 heterocycles. The zero-order chi connectivity index (χ0) is 11.4. The molecule has 0 saturated heterocycles. The molecule has 0 unspecified atom stereocenters. The molecule has 0 aliphatic heterocycles. The zero-order valence-electron chi connectivity index (χ0n) is 9.00. The first-order chi connectivity index (χ1) is 7.74. The van der Waals surface area contributed by atoms with E-state index < -0.39 is 0 Å². The van der Waals surface area contributed by atoms with Crippen LogP contribution >= 0.6 is 23.2 Å². The topological polar surface area (TPSA) is 37.8 Å². The van der Waals surface area contributed by atoms with Gasteiger partial charge in [0.1, 0.15) is 0 Å². The van der Waals surface area contributed by atoms with Crippen molar-refractivity contribution in [3.05, 3.63) is 17.4 Å². The van der Waals surface area contributed by atoms with E-state index in [4.69, 9.17) is 23.2 Å². The van der Waals surface area contributed by atoms with Crippen LogP contribution in [0.1, 0.15) is 25.7 Å². The molecule has 0 spiro atoms. The van der Waals surface area contributed by atoms with E-state index in [1.807, 2.05) is 0 Å². The third-order valence-electron chi connectivity index (χ3n) is 2.95. The third-order valence-corrected chi connectivity index (χ3v) is 3.58. The molecule has 1 fully saturated rings. The molecule has 1 saturated carbocycles. The molecular weight excluding hydrogens is 245 g/mol. The smallest absolute Gasteiger partial charge is 0.222 e. The van der Waals surface area contributed by atoms with Crippen LogP contribution in [0.25, 0.3) is 0 Å². The maximum Gasteiger partial charge on any atom is 0.222 e. The maximum atomic E-state index is 6.06. The average Bonchev–Trinajstić information content (AvgIpc) is 2.30. The molecular formula is C11H15Cl2N3. The number of nitrogens with one attached hydrogen (secondary N) is 1. The molecule has 88 valence electrons. The second-order valence-electron chi connectivity index (χ2n) is 4.22. The number of hydrogen-bond donors (Lipinski definition) is 1. The van der Waals surface area contributed by atoms with E-state index in [2.05, 4.69) is 15.3 Å². The molecule has 2 rings (SSSR count). The molecule has 1 aromatic rings. The fraction of sp³-hybridized carbons (Fsp3) is 0.636. The summed E-state index contributed by atoms with van der Waals surface area (Å²) in [5.41, 5.74) is 0. The number of rotatable bonds is 3. The molecule has 0 radical (unpaired) electrons. The highest BCUT2D eigenvalue weighted by Crippen LogP contribution is 2.27. The van der Waals surface area contributed by atoms with Crippen molar-refractivity contribution in [2.24, 2.45) is 5.92 Å². The highest BCUT2D eigenvalue weighted by Gasteiger charge is 2.19. The predicted octanol–water partition coefficient (Wildman–Crippen LogP) is 3.34. The van der Waals surface area contributed by atoms with Crippen LogP contribution in [0.5, 0.6) is 0 Å². The molecule has 0 bridgehead atoms. The molecule has 1 aliphatic rings. The molecule has 0 atom stereocenters. The Morgan fingerprint density at radius 2 is 1.81 bits per heavy atom. The summed E-state index contributed by atoms with van der Waals surface area (Å²) in [4.78, 5) is 8.19. The van der Waals surface area contributed by atoms with Gasteiger partial charge in [0, 0.05) is 11.9 Å². The molecule has 16 heavy (non-hydrogen) atoms. The zero-order valence-corrected chi connectivity index (χ0v) is 10.5. The van der Waals surface area contributed by atoms with Crippen molar-refractivity contribution in [3.8, 4) is 0 Å². The first-order valence-corrected chi connectivity index (χ1v) is 6.41. The second kappa shape index (κ2) is 5.69. The van der Waals surface area contributed by atoms with E-state index in [1.54, 1.807) is 12.4 Å². The van der Waals surface area contributed by atoms with Gasteiger partial charge in [0.2, 0.25) is 5.95 Å². The Bertz CT molecular complexity index is 321. The number of anilines is 1. The Hall–Kier alpha value is -0.540. The van der Waals surface area contributed by atoms with E-state index in [0.717, 1.165) is 19.4 Å². The van der Waals surface area contributed by atoms with Gasteiger partial charge in [0.25, 0.3) is 0 Å². The Morgan fingerprint density at radius 1 is 1.19 bits per heavy atom. The standard InChI is InChI=1S/C11H15Cl2N3/c12-9-3-1-8(2-4-9)5-14-11-15-6-10(13)7-16-11/h6-9H,1-5H2,(H,14,15,16). The number of halogens is 2. The number of hydrogen-bond acceptors (Lipinski definition) is 3. The quantitative estimate of drug-likeness (QED) is 0.847. The van der Waals surface area contributed by atoms with Crippen LogP contribution in [0, 0.1) is 5.92 Å². The van der Waals surface area contributed by atoms with Crippen molar-refractivity contribution < 1.29 is 0 Å². The summed E-state index contributed by atoms with van der Waals surface area (Å²) >= 11 is 11.8. The SMILES string of the molecule is Clc1cnc(NCC2CCC(Cl)CC2)nc1. The Morgan fingerprint density at radius 3 is 2.44 bits per heavy atom. The Balaban J connectivity index is 1.77. The molecule has 0 amide bonds. The minimum atomic E-state index is 0.378. The van der Waals surface area contributed by atoms with E-state index >= 15 is 0 Å². The van der Waals surface area contributed by atoms with Crippen LogP contribution in [0.3, 0.4) is 0 Å². The lowest BCUT2D eigenvalue weighted by Gasteiger charge is -2.24. The molecule has 1 aromatic heterocycles. The van der Waals surface area contributed by atoms with E-state index in [-0.39, 0.29) is 0 Å². The first kappa shape index (κ1) is 11.9. The summed E-state index contributed by atoms with van der Waals surface area (Å²) in [5.74, 6) is 1.34. The van der Waals surface area contributed by atoms with E-state index in [1.165, 1.54) is 12.8 Å². The van der Waals surface area contributed by atoms with Gasteiger partial charge in [-0.1, -0.05) is 11.6 Å². The van der Waals surface area contributed by atoms with Gasteiger partial charge in [0.05, 0.1) is 17.4 Å². The van der Waals surface area contributed by atoms with E-state index in [0.29, 0.717) is 22.3 Å². The van der Waals surface area contributed by atoms with Gasteiger partial charge in [-0.25, -0.2) is 9.97 Å². The Kier molecular flexibility index (Phi) is 4.24. The molecule has 1 N–H and O–H groups in total. The summed E-state index contributed by atoms with van der Waals surface area (Å²) in [5, 5.41) is 4.17. The maximum absolute atomic E-state index is 6.06. The lowest BCUT2D eigenvalue weighted by Crippen LogP contribution is -2.21.